The van der Waals surface area contributed by atoms with Gasteiger partial charge in [0.2, 0.25) is 0 Å². The molecule has 2 aliphatic rings. The number of fused-ring (bicyclic) bond motifs is 1. The van der Waals surface area contributed by atoms with Crippen LogP contribution in [0.2, 0.25) is 5.02 Å². The third-order valence-corrected chi connectivity index (χ3v) is 5.33. The molecule has 0 N–H and O–H groups in total. The number of amides is 2. The molecule has 0 radical (unpaired) electrons. The van der Waals surface area contributed by atoms with Crippen molar-refractivity contribution in [1.29, 1.82) is 0 Å². The number of hydrogen-bond acceptors (Lipinski definition) is 2. The monoisotopic (exact) mass is 355 g/mol. The first-order valence-electron chi connectivity index (χ1n) is 8.82. The number of urea groups is 1. The lowest BCUT2D eigenvalue weighted by Gasteiger charge is -2.36. The molecule has 0 spiro atoms. The molecule has 2 heterocycles. The quantitative estimate of drug-likeness (QED) is 0.822. The maximum absolute atomic E-state index is 12.9. The Balaban J connectivity index is 1.34. The van der Waals surface area contributed by atoms with Gasteiger partial charge in [0.15, 0.2) is 0 Å². The Morgan fingerprint density at radius 2 is 1.64 bits per heavy atom. The number of nitrogens with zero attached hydrogens (tertiary/aromatic N) is 3. The van der Waals surface area contributed by atoms with Crippen molar-refractivity contribution in [3.63, 3.8) is 0 Å². The van der Waals surface area contributed by atoms with Gasteiger partial charge in [0.25, 0.3) is 0 Å². The number of piperazine rings is 1. The molecule has 2 aromatic rings. The minimum absolute atomic E-state index is 0.149. The van der Waals surface area contributed by atoms with Gasteiger partial charge in [0.05, 0.1) is 0 Å². The molecule has 4 rings (SSSR count). The predicted octanol–water partition coefficient (Wildman–Crippen LogP) is 3.64. The van der Waals surface area contributed by atoms with Crippen molar-refractivity contribution in [2.45, 2.75) is 13.0 Å². The molecule has 2 amide bonds. The molecule has 5 heteroatoms. The largest absolute Gasteiger partial charge is 0.324 e. The Morgan fingerprint density at radius 3 is 2.40 bits per heavy atom. The summed E-state index contributed by atoms with van der Waals surface area (Å²) in [5, 5.41) is 0.769. The smallest absolute Gasteiger partial charge is 0.322 e. The van der Waals surface area contributed by atoms with Gasteiger partial charge in [-0.2, -0.15) is 0 Å². The summed E-state index contributed by atoms with van der Waals surface area (Å²) in [6, 6.07) is 16.4. The van der Waals surface area contributed by atoms with Crippen LogP contribution in [0.5, 0.6) is 0 Å². The van der Waals surface area contributed by atoms with Gasteiger partial charge in [-0.3, -0.25) is 9.80 Å². The highest BCUT2D eigenvalue weighted by Crippen LogP contribution is 2.28. The Kier molecular flexibility index (Phi) is 4.64. The molecule has 0 unspecified atom stereocenters. The molecular weight excluding hydrogens is 334 g/mol. The summed E-state index contributed by atoms with van der Waals surface area (Å²) in [6.07, 6.45) is 0.957. The van der Waals surface area contributed by atoms with E-state index >= 15 is 0 Å². The van der Waals surface area contributed by atoms with Gasteiger partial charge >= 0.3 is 6.03 Å². The molecule has 0 bridgehead atoms. The number of halogens is 1. The van der Waals surface area contributed by atoms with E-state index in [1.807, 2.05) is 34.1 Å². The molecule has 2 aromatic carbocycles. The van der Waals surface area contributed by atoms with Crippen LogP contribution in [0.3, 0.4) is 0 Å². The van der Waals surface area contributed by atoms with E-state index in [0.29, 0.717) is 0 Å². The van der Waals surface area contributed by atoms with E-state index in [-0.39, 0.29) is 6.03 Å². The van der Waals surface area contributed by atoms with Gasteiger partial charge in [-0.1, -0.05) is 41.9 Å². The molecule has 4 nitrogen and oxygen atoms in total. The van der Waals surface area contributed by atoms with Crippen molar-refractivity contribution in [2.75, 3.05) is 37.6 Å². The summed E-state index contributed by atoms with van der Waals surface area (Å²) < 4.78 is 0. The zero-order valence-corrected chi connectivity index (χ0v) is 15.0. The number of hydrogen-bond donors (Lipinski definition) is 0. The van der Waals surface area contributed by atoms with Gasteiger partial charge in [0, 0.05) is 50.0 Å². The summed E-state index contributed by atoms with van der Waals surface area (Å²) in [5.74, 6) is 0. The predicted molar refractivity (Wildman–Crippen MR) is 101 cm³/mol. The zero-order valence-electron chi connectivity index (χ0n) is 14.2. The van der Waals surface area contributed by atoms with E-state index in [4.69, 9.17) is 11.6 Å². The lowest BCUT2D eigenvalue weighted by atomic mass is 10.2. The lowest BCUT2D eigenvalue weighted by Crippen LogP contribution is -2.52. The molecule has 1 saturated heterocycles. The van der Waals surface area contributed by atoms with Crippen LogP contribution in [-0.2, 0) is 13.0 Å². The summed E-state index contributed by atoms with van der Waals surface area (Å²) in [7, 11) is 0. The second-order valence-corrected chi connectivity index (χ2v) is 7.14. The summed E-state index contributed by atoms with van der Waals surface area (Å²) >= 11 is 5.94. The maximum Gasteiger partial charge on any atom is 0.324 e. The Labute approximate surface area is 153 Å². The van der Waals surface area contributed by atoms with Crippen LogP contribution in [0.15, 0.2) is 48.5 Å². The number of para-hydroxylation sites is 1. The Hall–Kier alpha value is -2.04. The highest BCUT2D eigenvalue weighted by atomic mass is 35.5. The number of carbonyl (C=O) groups excluding carboxylic acids is 1. The number of benzene rings is 2. The average Bonchev–Trinajstić information content (AvgIpc) is 3.08. The van der Waals surface area contributed by atoms with E-state index < -0.39 is 0 Å². The van der Waals surface area contributed by atoms with E-state index in [1.54, 1.807) is 0 Å². The molecule has 25 heavy (non-hydrogen) atoms. The highest BCUT2D eigenvalue weighted by Gasteiger charge is 2.29. The zero-order chi connectivity index (χ0) is 17.2. The normalized spacial score (nSPS) is 17.6. The third kappa shape index (κ3) is 3.51. The van der Waals surface area contributed by atoms with Gasteiger partial charge < -0.3 is 4.90 Å². The molecule has 0 aliphatic carbocycles. The lowest BCUT2D eigenvalue weighted by molar-refractivity contribution is 0.139. The van der Waals surface area contributed by atoms with Gasteiger partial charge in [0.1, 0.15) is 0 Å². The van der Waals surface area contributed by atoms with Crippen LogP contribution in [-0.4, -0.2) is 48.6 Å². The highest BCUT2D eigenvalue weighted by molar-refractivity contribution is 6.30. The molecule has 130 valence electrons. The average molecular weight is 356 g/mol. The van der Waals surface area contributed by atoms with E-state index in [0.717, 1.165) is 56.4 Å². The van der Waals surface area contributed by atoms with Gasteiger partial charge in [-0.25, -0.2) is 4.79 Å². The standard InChI is InChI=1S/C20H22ClN3O/c21-18-7-5-16(6-8-18)15-22-11-13-23(14-12-22)20(25)24-10-9-17-3-1-2-4-19(17)24/h1-8H,9-15H2. The molecule has 0 aromatic heterocycles. The van der Waals surface area contributed by atoms with Crippen molar-refractivity contribution in [1.82, 2.24) is 9.80 Å². The first-order chi connectivity index (χ1) is 12.2. The maximum atomic E-state index is 12.9. The summed E-state index contributed by atoms with van der Waals surface area (Å²) in [5.41, 5.74) is 3.62. The molecule has 0 atom stereocenters. The van der Waals surface area contributed by atoms with E-state index in [9.17, 15) is 4.79 Å². The van der Waals surface area contributed by atoms with Crippen molar-refractivity contribution in [3.05, 3.63) is 64.7 Å². The SMILES string of the molecule is O=C(N1CCN(Cc2ccc(Cl)cc2)CC1)N1CCc2ccccc21. The Bertz CT molecular complexity index is 754. The first kappa shape index (κ1) is 16.4. The van der Waals surface area contributed by atoms with Crippen molar-refractivity contribution < 1.29 is 4.79 Å². The summed E-state index contributed by atoms with van der Waals surface area (Å²) in [4.78, 5) is 19.2. The first-order valence-corrected chi connectivity index (χ1v) is 9.20. The number of rotatable bonds is 2. The van der Waals surface area contributed by atoms with Crippen LogP contribution in [0.1, 0.15) is 11.1 Å². The molecule has 2 aliphatic heterocycles. The van der Waals surface area contributed by atoms with Crippen LogP contribution >= 0.6 is 11.6 Å². The number of carbonyl (C=O) groups is 1. The Morgan fingerprint density at radius 1 is 0.920 bits per heavy atom. The van der Waals surface area contributed by atoms with Crippen LogP contribution in [0.25, 0.3) is 0 Å². The fourth-order valence-electron chi connectivity index (χ4n) is 3.65. The number of anilines is 1. The molecule has 0 saturated carbocycles. The fourth-order valence-corrected chi connectivity index (χ4v) is 3.78. The fraction of sp³-hybridized carbons (Fsp3) is 0.350. The van der Waals surface area contributed by atoms with Crippen molar-refractivity contribution in [3.8, 4) is 0 Å². The topological polar surface area (TPSA) is 26.8 Å². The van der Waals surface area contributed by atoms with Crippen LogP contribution in [0, 0.1) is 0 Å². The van der Waals surface area contributed by atoms with Crippen molar-refractivity contribution in [2.24, 2.45) is 0 Å². The molecule has 1 fully saturated rings. The van der Waals surface area contributed by atoms with Gasteiger partial charge in [-0.15, -0.1) is 0 Å². The third-order valence-electron chi connectivity index (χ3n) is 5.08. The van der Waals surface area contributed by atoms with E-state index in [1.165, 1.54) is 11.1 Å². The van der Waals surface area contributed by atoms with Crippen LogP contribution in [0.4, 0.5) is 10.5 Å². The molecular formula is C20H22ClN3O. The van der Waals surface area contributed by atoms with Crippen LogP contribution < -0.4 is 4.90 Å². The van der Waals surface area contributed by atoms with E-state index in [2.05, 4.69) is 29.2 Å². The summed E-state index contributed by atoms with van der Waals surface area (Å²) in [6.45, 7) is 5.08. The van der Waals surface area contributed by atoms with Gasteiger partial charge in [-0.05, 0) is 35.7 Å². The second-order valence-electron chi connectivity index (χ2n) is 6.70. The minimum Gasteiger partial charge on any atom is -0.322 e. The second kappa shape index (κ2) is 7.06. The van der Waals surface area contributed by atoms with Crippen molar-refractivity contribution >= 4 is 23.3 Å². The minimum atomic E-state index is 0.149.